The van der Waals surface area contributed by atoms with Gasteiger partial charge < -0.3 is 4.74 Å². The largest absolute Gasteiger partial charge is 0.454 e. The molecule has 0 aliphatic carbocycles. The minimum Gasteiger partial charge on any atom is -0.454 e. The summed E-state index contributed by atoms with van der Waals surface area (Å²) in [7, 11) is 0. The second kappa shape index (κ2) is 7.68. The molecule has 0 bridgehead atoms. The summed E-state index contributed by atoms with van der Waals surface area (Å²) in [6.45, 7) is 0. The fourth-order valence-electron chi connectivity index (χ4n) is 2.11. The summed E-state index contributed by atoms with van der Waals surface area (Å²) in [6, 6.07) is 4.97. The van der Waals surface area contributed by atoms with E-state index in [-0.39, 0.29) is 17.8 Å². The summed E-state index contributed by atoms with van der Waals surface area (Å²) >= 11 is 0. The quantitative estimate of drug-likeness (QED) is 0.626. The third kappa shape index (κ3) is 4.18. The van der Waals surface area contributed by atoms with Crippen LogP contribution >= 0.6 is 0 Å². The number of nitrogens with zero attached hydrogens (tertiary/aromatic N) is 4. The lowest BCUT2D eigenvalue weighted by Gasteiger charge is -2.07. The number of hydrogen-bond donors (Lipinski definition) is 0. The Labute approximate surface area is 145 Å². The van der Waals surface area contributed by atoms with Crippen LogP contribution in [0.1, 0.15) is 28.3 Å². The third-order valence-electron chi connectivity index (χ3n) is 3.27. The zero-order valence-electron chi connectivity index (χ0n) is 13.1. The van der Waals surface area contributed by atoms with Crippen molar-refractivity contribution in [1.82, 2.24) is 19.9 Å². The lowest BCUT2D eigenvalue weighted by atomic mass is 10.1. The smallest absolute Gasteiger partial charge is 0.283 e. The number of alkyl halides is 2. The minimum absolute atomic E-state index is 0.0243. The Hall–Kier alpha value is -3.36. The summed E-state index contributed by atoms with van der Waals surface area (Å²) in [5.41, 5.74) is -0.898. The predicted molar refractivity (Wildman–Crippen MR) is 83.5 cm³/mol. The molecule has 3 rings (SSSR count). The molecule has 3 aromatic heterocycles. The Morgan fingerprint density at radius 1 is 1.12 bits per heavy atom. The first-order valence-electron chi connectivity index (χ1n) is 7.38. The fraction of sp³-hybridized carbons (Fsp3) is 0.118. The van der Waals surface area contributed by atoms with Crippen LogP contribution in [0.15, 0.2) is 49.2 Å². The maximum absolute atomic E-state index is 13.3. The number of Topliss-reactive ketones (excluding diaryl/α,β-unsaturated/α-hetero) is 1. The van der Waals surface area contributed by atoms with Crippen molar-refractivity contribution in [3.8, 4) is 11.5 Å². The Morgan fingerprint density at radius 3 is 2.62 bits per heavy atom. The van der Waals surface area contributed by atoms with Crippen LogP contribution in [-0.2, 0) is 6.42 Å². The topological polar surface area (TPSA) is 77.9 Å². The van der Waals surface area contributed by atoms with Crippen molar-refractivity contribution >= 4 is 5.78 Å². The summed E-state index contributed by atoms with van der Waals surface area (Å²) in [4.78, 5) is 27.4. The molecule has 3 aromatic rings. The second-order valence-corrected chi connectivity index (χ2v) is 5.12. The van der Waals surface area contributed by atoms with Crippen molar-refractivity contribution in [2.75, 3.05) is 0 Å². The van der Waals surface area contributed by atoms with Gasteiger partial charge in [0.05, 0.1) is 18.8 Å². The zero-order valence-corrected chi connectivity index (χ0v) is 13.1. The number of pyridine rings is 2. The number of carbonyl (C=O) groups is 1. The lowest BCUT2D eigenvalue weighted by Crippen LogP contribution is -2.09. The molecule has 0 saturated carbocycles. The van der Waals surface area contributed by atoms with Gasteiger partial charge in [0.2, 0.25) is 0 Å². The van der Waals surface area contributed by atoms with Crippen molar-refractivity contribution in [1.29, 1.82) is 0 Å². The van der Waals surface area contributed by atoms with Gasteiger partial charge in [0, 0.05) is 18.0 Å². The van der Waals surface area contributed by atoms with Gasteiger partial charge in [0.25, 0.3) is 6.43 Å². The molecule has 0 unspecified atom stereocenters. The molecule has 0 aliphatic rings. The summed E-state index contributed by atoms with van der Waals surface area (Å²) in [6.07, 6.45) is 2.25. The number of halogens is 3. The Balaban J connectivity index is 1.76. The van der Waals surface area contributed by atoms with Gasteiger partial charge in [-0.05, 0) is 18.2 Å². The monoisotopic (exact) mass is 360 g/mol. The highest BCUT2D eigenvalue weighted by atomic mass is 19.3. The van der Waals surface area contributed by atoms with E-state index in [1.807, 2.05) is 0 Å². The van der Waals surface area contributed by atoms with Crippen LogP contribution in [0.25, 0.3) is 0 Å². The fourth-order valence-corrected chi connectivity index (χ4v) is 2.11. The zero-order chi connectivity index (χ0) is 18.5. The molecule has 9 heteroatoms. The molecular weight excluding hydrogens is 349 g/mol. The number of carbonyl (C=O) groups excluding carboxylic acids is 1. The second-order valence-electron chi connectivity index (χ2n) is 5.12. The maximum atomic E-state index is 13.3. The third-order valence-corrected chi connectivity index (χ3v) is 3.27. The molecule has 0 spiro atoms. The summed E-state index contributed by atoms with van der Waals surface area (Å²) < 4.78 is 44.2. The van der Waals surface area contributed by atoms with E-state index in [1.54, 1.807) is 0 Å². The van der Waals surface area contributed by atoms with Gasteiger partial charge in [-0.25, -0.2) is 28.1 Å². The van der Waals surface area contributed by atoms with Crippen molar-refractivity contribution in [3.05, 3.63) is 72.1 Å². The van der Waals surface area contributed by atoms with Crippen molar-refractivity contribution in [2.24, 2.45) is 0 Å². The predicted octanol–water partition coefficient (Wildman–Crippen LogP) is 3.56. The Bertz CT molecular complexity index is 923. The average Bonchev–Trinajstić information content (AvgIpc) is 2.64. The van der Waals surface area contributed by atoms with Gasteiger partial charge >= 0.3 is 0 Å². The molecule has 26 heavy (non-hydrogen) atoms. The van der Waals surface area contributed by atoms with E-state index in [4.69, 9.17) is 4.74 Å². The minimum atomic E-state index is -3.06. The first-order valence-corrected chi connectivity index (χ1v) is 7.38. The molecule has 3 heterocycles. The van der Waals surface area contributed by atoms with Crippen molar-refractivity contribution < 1.29 is 22.7 Å². The molecule has 0 amide bonds. The standard InChI is InChI=1S/C17H11F3N4O2/c18-13-2-1-10(24-16(13)17(19)20)5-15(25)14-6-11(3-4-23-14)26-12-7-21-9-22-8-12/h1-4,6-9,17H,5H2. The highest BCUT2D eigenvalue weighted by molar-refractivity contribution is 5.95. The van der Waals surface area contributed by atoms with E-state index in [2.05, 4.69) is 19.9 Å². The number of ketones is 1. The Morgan fingerprint density at radius 2 is 1.88 bits per heavy atom. The number of ether oxygens (including phenoxy) is 1. The molecular formula is C17H11F3N4O2. The van der Waals surface area contributed by atoms with Crippen LogP contribution in [0, 0.1) is 5.82 Å². The van der Waals surface area contributed by atoms with Crippen LogP contribution < -0.4 is 4.74 Å². The highest BCUT2D eigenvalue weighted by Crippen LogP contribution is 2.22. The number of hydrogen-bond acceptors (Lipinski definition) is 6. The first kappa shape index (κ1) is 17.5. The molecule has 132 valence electrons. The molecule has 0 saturated heterocycles. The van der Waals surface area contributed by atoms with E-state index in [9.17, 15) is 18.0 Å². The van der Waals surface area contributed by atoms with E-state index in [0.717, 1.165) is 6.07 Å². The van der Waals surface area contributed by atoms with Gasteiger partial charge in [-0.2, -0.15) is 0 Å². The van der Waals surface area contributed by atoms with Gasteiger partial charge in [-0.1, -0.05) is 0 Å². The van der Waals surface area contributed by atoms with Crippen LogP contribution in [0.4, 0.5) is 13.2 Å². The van der Waals surface area contributed by atoms with E-state index >= 15 is 0 Å². The molecule has 6 nitrogen and oxygen atoms in total. The van der Waals surface area contributed by atoms with Gasteiger partial charge in [-0.3, -0.25) is 9.78 Å². The van der Waals surface area contributed by atoms with Crippen LogP contribution in [0.3, 0.4) is 0 Å². The average molecular weight is 360 g/mol. The van der Waals surface area contributed by atoms with Gasteiger partial charge in [0.1, 0.15) is 23.5 Å². The molecule has 0 aromatic carbocycles. The maximum Gasteiger partial charge on any atom is 0.283 e. The normalized spacial score (nSPS) is 10.8. The Kier molecular flexibility index (Phi) is 5.16. The van der Waals surface area contributed by atoms with Crippen LogP contribution in [0.5, 0.6) is 11.5 Å². The van der Waals surface area contributed by atoms with Gasteiger partial charge in [0.15, 0.2) is 17.3 Å². The number of rotatable bonds is 6. The molecule has 0 fully saturated rings. The van der Waals surface area contributed by atoms with Crippen molar-refractivity contribution in [3.63, 3.8) is 0 Å². The first-order chi connectivity index (χ1) is 12.5. The summed E-state index contributed by atoms with van der Waals surface area (Å²) in [5, 5.41) is 0. The lowest BCUT2D eigenvalue weighted by molar-refractivity contribution is 0.0985. The SMILES string of the molecule is O=C(Cc1ccc(F)c(C(F)F)n1)c1cc(Oc2cncnc2)ccn1. The molecule has 0 aliphatic heterocycles. The highest BCUT2D eigenvalue weighted by Gasteiger charge is 2.18. The molecule has 0 radical (unpaired) electrons. The molecule has 0 N–H and O–H groups in total. The van der Waals surface area contributed by atoms with Crippen LogP contribution in [-0.4, -0.2) is 25.7 Å². The van der Waals surface area contributed by atoms with E-state index < -0.39 is 23.7 Å². The van der Waals surface area contributed by atoms with E-state index in [0.29, 0.717) is 11.5 Å². The van der Waals surface area contributed by atoms with E-state index in [1.165, 1.54) is 43.1 Å². The summed E-state index contributed by atoms with van der Waals surface area (Å²) in [5.74, 6) is -0.883. The number of aromatic nitrogens is 4. The van der Waals surface area contributed by atoms with Crippen molar-refractivity contribution in [2.45, 2.75) is 12.8 Å². The van der Waals surface area contributed by atoms with Gasteiger partial charge in [-0.15, -0.1) is 0 Å². The molecule has 0 atom stereocenters. The van der Waals surface area contributed by atoms with Crippen LogP contribution in [0.2, 0.25) is 0 Å².